The Morgan fingerprint density at radius 1 is 1.03 bits per heavy atom. The van der Waals surface area contributed by atoms with Crippen molar-refractivity contribution in [1.29, 1.82) is 0 Å². The maximum atomic E-state index is 6.19. The summed E-state index contributed by atoms with van der Waals surface area (Å²) in [6.45, 7) is 13.8. The number of fused-ring (bicyclic) bond motifs is 1. The Bertz CT molecular complexity index is 950. The highest BCUT2D eigenvalue weighted by atomic mass is 16.5. The zero-order valence-electron chi connectivity index (χ0n) is 21.5. The van der Waals surface area contributed by atoms with E-state index in [4.69, 9.17) is 19.4 Å². The lowest BCUT2D eigenvalue weighted by molar-refractivity contribution is 0.0960. The SMILES string of the molecule is CNc1nc(C2CC(C)(C)CC(C)(C)C2)c2cc(OC)c(OCCCN3CCCC3)cc2n1. The van der Waals surface area contributed by atoms with Gasteiger partial charge in [0.2, 0.25) is 5.95 Å². The molecule has 33 heavy (non-hydrogen) atoms. The Kier molecular flexibility index (Phi) is 7.04. The normalized spacial score (nSPS) is 20.8. The fourth-order valence-electron chi connectivity index (χ4n) is 6.37. The number of rotatable bonds is 8. The van der Waals surface area contributed by atoms with Crippen LogP contribution in [-0.2, 0) is 0 Å². The van der Waals surface area contributed by atoms with Crippen LogP contribution in [0.25, 0.3) is 10.9 Å². The molecule has 0 amide bonds. The number of aromatic nitrogens is 2. The first-order valence-electron chi connectivity index (χ1n) is 12.6. The predicted octanol–water partition coefficient (Wildman–Crippen LogP) is 5.86. The molecule has 4 rings (SSSR count). The fraction of sp³-hybridized carbons (Fsp3) is 0.704. The van der Waals surface area contributed by atoms with Crippen molar-refractivity contribution in [2.45, 2.75) is 72.1 Å². The van der Waals surface area contributed by atoms with Crippen LogP contribution in [0.4, 0.5) is 5.95 Å². The van der Waals surface area contributed by atoms with Gasteiger partial charge in [-0.1, -0.05) is 27.7 Å². The van der Waals surface area contributed by atoms with Crippen LogP contribution < -0.4 is 14.8 Å². The molecule has 2 fully saturated rings. The zero-order chi connectivity index (χ0) is 23.6. The summed E-state index contributed by atoms with van der Waals surface area (Å²) in [4.78, 5) is 12.3. The third-order valence-corrected chi connectivity index (χ3v) is 7.25. The highest BCUT2D eigenvalue weighted by Gasteiger charge is 2.40. The second kappa shape index (κ2) is 9.65. The van der Waals surface area contributed by atoms with E-state index in [0.29, 0.717) is 18.5 Å². The molecule has 0 bridgehead atoms. The van der Waals surface area contributed by atoms with Gasteiger partial charge in [0.25, 0.3) is 0 Å². The lowest BCUT2D eigenvalue weighted by Crippen LogP contribution is -2.33. The Morgan fingerprint density at radius 2 is 1.73 bits per heavy atom. The van der Waals surface area contributed by atoms with Crippen molar-refractivity contribution in [3.63, 3.8) is 0 Å². The molecule has 6 heteroatoms. The van der Waals surface area contributed by atoms with Gasteiger partial charge in [0, 0.05) is 31.0 Å². The van der Waals surface area contributed by atoms with Crippen molar-refractivity contribution in [3.05, 3.63) is 17.8 Å². The van der Waals surface area contributed by atoms with Crippen LogP contribution >= 0.6 is 0 Å². The lowest BCUT2D eigenvalue weighted by atomic mass is 9.60. The van der Waals surface area contributed by atoms with Gasteiger partial charge in [-0.2, -0.15) is 0 Å². The van der Waals surface area contributed by atoms with Crippen molar-refractivity contribution >= 4 is 16.9 Å². The molecule has 2 heterocycles. The number of anilines is 1. The molecule has 182 valence electrons. The molecular weight excluding hydrogens is 412 g/mol. The monoisotopic (exact) mass is 454 g/mol. The molecule has 0 radical (unpaired) electrons. The number of likely N-dealkylation sites (tertiary alicyclic amines) is 1. The van der Waals surface area contributed by atoms with E-state index in [1.54, 1.807) is 7.11 Å². The molecule has 6 nitrogen and oxygen atoms in total. The average molecular weight is 455 g/mol. The van der Waals surface area contributed by atoms with Gasteiger partial charge in [-0.25, -0.2) is 9.97 Å². The van der Waals surface area contributed by atoms with E-state index in [9.17, 15) is 0 Å². The van der Waals surface area contributed by atoms with E-state index < -0.39 is 0 Å². The van der Waals surface area contributed by atoms with E-state index in [-0.39, 0.29) is 10.8 Å². The van der Waals surface area contributed by atoms with Crippen LogP contribution in [-0.4, -0.2) is 55.3 Å². The minimum atomic E-state index is 0.284. The first kappa shape index (κ1) is 24.1. The standard InChI is InChI=1S/C27H42N4O2/c1-26(2)16-19(17-27(3,4)18-26)24-20-14-22(32-6)23(15-21(20)29-25(28-5)30-24)33-13-9-12-31-10-7-8-11-31/h14-15,19H,7-13,16-18H2,1-6H3,(H,28,29,30). The number of benzene rings is 1. The van der Waals surface area contributed by atoms with Crippen molar-refractivity contribution in [1.82, 2.24) is 14.9 Å². The molecule has 0 atom stereocenters. The first-order valence-corrected chi connectivity index (χ1v) is 12.6. The largest absolute Gasteiger partial charge is 0.493 e. The summed E-state index contributed by atoms with van der Waals surface area (Å²) in [7, 11) is 3.60. The topological polar surface area (TPSA) is 59.5 Å². The van der Waals surface area contributed by atoms with Crippen LogP contribution in [0.1, 0.15) is 77.8 Å². The fourth-order valence-corrected chi connectivity index (χ4v) is 6.37. The van der Waals surface area contributed by atoms with Crippen molar-refractivity contribution in [2.75, 3.05) is 45.7 Å². The predicted molar refractivity (Wildman–Crippen MR) is 136 cm³/mol. The third kappa shape index (κ3) is 5.71. The highest BCUT2D eigenvalue weighted by Crippen LogP contribution is 2.52. The van der Waals surface area contributed by atoms with Crippen molar-refractivity contribution in [2.24, 2.45) is 10.8 Å². The maximum absolute atomic E-state index is 6.19. The minimum absolute atomic E-state index is 0.284. The molecule has 1 aliphatic heterocycles. The summed E-state index contributed by atoms with van der Waals surface area (Å²) in [6.07, 6.45) is 7.15. The van der Waals surface area contributed by atoms with Gasteiger partial charge >= 0.3 is 0 Å². The zero-order valence-corrected chi connectivity index (χ0v) is 21.5. The molecule has 1 aromatic carbocycles. The Hall–Kier alpha value is -2.08. The summed E-state index contributed by atoms with van der Waals surface area (Å²) < 4.78 is 11.9. The van der Waals surface area contributed by atoms with Crippen LogP contribution in [0.3, 0.4) is 0 Å². The van der Waals surface area contributed by atoms with E-state index in [2.05, 4.69) is 44.0 Å². The Balaban J connectivity index is 1.62. The van der Waals surface area contributed by atoms with Gasteiger partial charge in [-0.3, -0.25) is 0 Å². The molecule has 0 spiro atoms. The molecule has 1 aromatic heterocycles. The summed E-state index contributed by atoms with van der Waals surface area (Å²) >= 11 is 0. The van der Waals surface area contributed by atoms with E-state index in [1.165, 1.54) is 32.4 Å². The molecule has 2 aromatic rings. The summed E-state index contributed by atoms with van der Waals surface area (Å²) in [5, 5.41) is 4.25. The van der Waals surface area contributed by atoms with Gasteiger partial charge in [-0.15, -0.1) is 0 Å². The summed E-state index contributed by atoms with van der Waals surface area (Å²) in [6, 6.07) is 4.13. The molecule has 1 aliphatic carbocycles. The van der Waals surface area contributed by atoms with Gasteiger partial charge in [-0.05, 0) is 68.5 Å². The molecule has 0 unspecified atom stereocenters. The second-order valence-electron chi connectivity index (χ2n) is 11.6. The van der Waals surface area contributed by atoms with Crippen molar-refractivity contribution < 1.29 is 9.47 Å². The molecule has 2 aliphatic rings. The quantitative estimate of drug-likeness (QED) is 0.504. The molecular formula is C27H42N4O2. The van der Waals surface area contributed by atoms with Gasteiger partial charge in [0.1, 0.15) is 0 Å². The first-order chi connectivity index (χ1) is 15.7. The number of ether oxygens (including phenoxy) is 2. The van der Waals surface area contributed by atoms with E-state index in [0.717, 1.165) is 53.9 Å². The van der Waals surface area contributed by atoms with Crippen molar-refractivity contribution in [3.8, 4) is 11.5 Å². The van der Waals surface area contributed by atoms with Crippen LogP contribution in [0, 0.1) is 10.8 Å². The number of nitrogens with one attached hydrogen (secondary N) is 1. The van der Waals surface area contributed by atoms with Crippen LogP contribution in [0.5, 0.6) is 11.5 Å². The second-order valence-corrected chi connectivity index (χ2v) is 11.6. The number of hydrogen-bond acceptors (Lipinski definition) is 6. The summed E-state index contributed by atoms with van der Waals surface area (Å²) in [5.41, 5.74) is 2.61. The summed E-state index contributed by atoms with van der Waals surface area (Å²) in [5.74, 6) is 2.59. The van der Waals surface area contributed by atoms with Crippen LogP contribution in [0.15, 0.2) is 12.1 Å². The Labute approximate surface area is 199 Å². The molecule has 1 saturated carbocycles. The van der Waals surface area contributed by atoms with Gasteiger partial charge in [0.05, 0.1) is 24.9 Å². The minimum Gasteiger partial charge on any atom is -0.493 e. The van der Waals surface area contributed by atoms with E-state index in [1.807, 2.05) is 13.1 Å². The Morgan fingerprint density at radius 3 is 2.36 bits per heavy atom. The van der Waals surface area contributed by atoms with Crippen LogP contribution in [0.2, 0.25) is 0 Å². The van der Waals surface area contributed by atoms with E-state index >= 15 is 0 Å². The average Bonchev–Trinajstić information content (AvgIpc) is 3.26. The number of nitrogens with zero attached hydrogens (tertiary/aromatic N) is 3. The lowest BCUT2D eigenvalue weighted by Gasteiger charge is -2.45. The molecule has 1 N–H and O–H groups in total. The van der Waals surface area contributed by atoms with Gasteiger partial charge < -0.3 is 19.7 Å². The molecule has 1 saturated heterocycles. The smallest absolute Gasteiger partial charge is 0.223 e. The number of hydrogen-bond donors (Lipinski definition) is 1. The maximum Gasteiger partial charge on any atom is 0.223 e. The highest BCUT2D eigenvalue weighted by molar-refractivity contribution is 5.86. The number of methoxy groups -OCH3 is 1. The van der Waals surface area contributed by atoms with Gasteiger partial charge in [0.15, 0.2) is 11.5 Å². The third-order valence-electron chi connectivity index (χ3n) is 7.25.